The van der Waals surface area contributed by atoms with Gasteiger partial charge in [-0.1, -0.05) is 24.3 Å². The van der Waals surface area contributed by atoms with E-state index in [0.717, 1.165) is 38.2 Å². The van der Waals surface area contributed by atoms with Crippen LogP contribution in [0.15, 0.2) is 42.6 Å². The van der Waals surface area contributed by atoms with Crippen LogP contribution in [0.3, 0.4) is 0 Å². The first-order valence-corrected chi connectivity index (χ1v) is 7.20. The van der Waals surface area contributed by atoms with Crippen LogP contribution >= 0.6 is 0 Å². The van der Waals surface area contributed by atoms with Crippen molar-refractivity contribution in [2.45, 2.75) is 25.9 Å². The Balaban J connectivity index is 1.71. The second-order valence-electron chi connectivity index (χ2n) is 5.43. The van der Waals surface area contributed by atoms with Gasteiger partial charge in [0.05, 0.1) is 11.3 Å². The van der Waals surface area contributed by atoms with Crippen LogP contribution in [0.25, 0.3) is 0 Å². The number of carboxylic acids is 1. The molecule has 0 aliphatic carbocycles. The summed E-state index contributed by atoms with van der Waals surface area (Å²) in [6.45, 7) is 2.73. The van der Waals surface area contributed by atoms with Gasteiger partial charge in [-0.05, 0) is 42.6 Å². The fraction of sp³-hybridized carbons (Fsp3) is 0.294. The lowest BCUT2D eigenvalue weighted by atomic mass is 10.0. The predicted octanol–water partition coefficient (Wildman–Crippen LogP) is 2.73. The van der Waals surface area contributed by atoms with Crippen molar-refractivity contribution in [2.75, 3.05) is 6.54 Å². The lowest BCUT2D eigenvalue weighted by Crippen LogP contribution is -2.23. The molecule has 1 aliphatic heterocycles. The van der Waals surface area contributed by atoms with Gasteiger partial charge in [-0.2, -0.15) is 0 Å². The molecular formula is C17H18N2O2. The lowest BCUT2D eigenvalue weighted by Gasteiger charge is -2.20. The molecule has 1 aromatic carbocycles. The summed E-state index contributed by atoms with van der Waals surface area (Å²) in [7, 11) is 0. The molecule has 1 N–H and O–H groups in total. The van der Waals surface area contributed by atoms with Crippen LogP contribution in [0, 0.1) is 0 Å². The Labute approximate surface area is 124 Å². The molecule has 0 saturated heterocycles. The highest BCUT2D eigenvalue weighted by Crippen LogP contribution is 2.19. The molecule has 4 nitrogen and oxygen atoms in total. The first-order chi connectivity index (χ1) is 10.2. The highest BCUT2D eigenvalue weighted by Gasteiger charge is 2.14. The third kappa shape index (κ3) is 3.28. The zero-order valence-corrected chi connectivity index (χ0v) is 11.8. The Hall–Kier alpha value is -2.20. The zero-order chi connectivity index (χ0) is 14.7. The number of aromatic carboxylic acids is 1. The van der Waals surface area contributed by atoms with Crippen molar-refractivity contribution in [2.24, 2.45) is 0 Å². The maximum absolute atomic E-state index is 10.8. The SMILES string of the molecule is O=C(O)c1ccc(CN2CCCc3ccccc3C2)nc1. The van der Waals surface area contributed by atoms with Crippen LogP contribution in [-0.2, 0) is 19.5 Å². The first-order valence-electron chi connectivity index (χ1n) is 7.20. The number of nitrogens with zero attached hydrogens (tertiary/aromatic N) is 2. The molecule has 0 amide bonds. The molecule has 0 bridgehead atoms. The van der Waals surface area contributed by atoms with Crippen molar-refractivity contribution in [3.63, 3.8) is 0 Å². The van der Waals surface area contributed by atoms with Gasteiger partial charge < -0.3 is 5.11 Å². The highest BCUT2D eigenvalue weighted by molar-refractivity contribution is 5.87. The van der Waals surface area contributed by atoms with Crippen molar-refractivity contribution in [3.05, 3.63) is 65.0 Å². The molecular weight excluding hydrogens is 264 g/mol. The monoisotopic (exact) mass is 282 g/mol. The van der Waals surface area contributed by atoms with Crippen LogP contribution in [-0.4, -0.2) is 27.5 Å². The number of hydrogen-bond acceptors (Lipinski definition) is 3. The molecule has 2 aromatic rings. The van der Waals surface area contributed by atoms with Crippen LogP contribution in [0.2, 0.25) is 0 Å². The van der Waals surface area contributed by atoms with Gasteiger partial charge in [0.25, 0.3) is 0 Å². The second kappa shape index (κ2) is 6.06. The fourth-order valence-corrected chi connectivity index (χ4v) is 2.78. The van der Waals surface area contributed by atoms with Gasteiger partial charge in [0, 0.05) is 19.3 Å². The number of benzene rings is 1. The standard InChI is InChI=1S/C17H18N2O2/c20-17(21)14-7-8-16(18-10-14)12-19-9-3-6-13-4-1-2-5-15(13)11-19/h1-2,4-5,7-8,10H,3,6,9,11-12H2,(H,20,21). The minimum absolute atomic E-state index is 0.236. The summed E-state index contributed by atoms with van der Waals surface area (Å²) >= 11 is 0. The Morgan fingerprint density at radius 1 is 1.19 bits per heavy atom. The number of carboxylic acid groups (broad SMARTS) is 1. The quantitative estimate of drug-likeness (QED) is 0.940. The van der Waals surface area contributed by atoms with Gasteiger partial charge in [-0.25, -0.2) is 4.79 Å². The number of hydrogen-bond donors (Lipinski definition) is 1. The molecule has 0 saturated carbocycles. The summed E-state index contributed by atoms with van der Waals surface area (Å²) in [5.41, 5.74) is 3.98. The third-order valence-corrected chi connectivity index (χ3v) is 3.89. The Bertz CT molecular complexity index is 637. The average molecular weight is 282 g/mol. The van der Waals surface area contributed by atoms with E-state index in [-0.39, 0.29) is 5.56 Å². The molecule has 108 valence electrons. The molecule has 0 radical (unpaired) electrons. The lowest BCUT2D eigenvalue weighted by molar-refractivity contribution is 0.0696. The van der Waals surface area contributed by atoms with Gasteiger partial charge in [0.15, 0.2) is 0 Å². The van der Waals surface area contributed by atoms with E-state index in [4.69, 9.17) is 5.11 Å². The number of fused-ring (bicyclic) bond motifs is 1. The van der Waals surface area contributed by atoms with Crippen LogP contribution in [0.5, 0.6) is 0 Å². The highest BCUT2D eigenvalue weighted by atomic mass is 16.4. The number of aryl methyl sites for hydroxylation is 1. The summed E-state index contributed by atoms with van der Waals surface area (Å²) in [6, 6.07) is 12.0. The molecule has 4 heteroatoms. The molecule has 0 fully saturated rings. The predicted molar refractivity (Wildman–Crippen MR) is 80.1 cm³/mol. The van der Waals surface area contributed by atoms with E-state index in [0.29, 0.717) is 0 Å². The molecule has 2 heterocycles. The van der Waals surface area contributed by atoms with E-state index in [1.54, 1.807) is 12.1 Å². The molecule has 1 aliphatic rings. The molecule has 21 heavy (non-hydrogen) atoms. The topological polar surface area (TPSA) is 53.4 Å². The summed E-state index contributed by atoms with van der Waals surface area (Å²) in [5, 5.41) is 8.89. The van der Waals surface area contributed by atoms with Gasteiger partial charge in [-0.15, -0.1) is 0 Å². The molecule has 0 unspecified atom stereocenters. The van der Waals surface area contributed by atoms with E-state index >= 15 is 0 Å². The Morgan fingerprint density at radius 3 is 2.71 bits per heavy atom. The van der Waals surface area contributed by atoms with Gasteiger partial charge in [0.2, 0.25) is 0 Å². The number of carbonyl (C=O) groups is 1. The number of rotatable bonds is 3. The van der Waals surface area contributed by atoms with E-state index in [1.807, 2.05) is 0 Å². The minimum atomic E-state index is -0.933. The van der Waals surface area contributed by atoms with E-state index in [1.165, 1.54) is 17.3 Å². The molecule has 0 spiro atoms. The second-order valence-corrected chi connectivity index (χ2v) is 5.43. The molecule has 0 atom stereocenters. The van der Waals surface area contributed by atoms with Crippen molar-refractivity contribution in [1.29, 1.82) is 0 Å². The van der Waals surface area contributed by atoms with E-state index in [2.05, 4.69) is 34.1 Å². The summed E-state index contributed by atoms with van der Waals surface area (Å²) in [4.78, 5) is 17.5. The Morgan fingerprint density at radius 2 is 2.00 bits per heavy atom. The summed E-state index contributed by atoms with van der Waals surface area (Å²) in [6.07, 6.45) is 3.70. The maximum Gasteiger partial charge on any atom is 0.337 e. The van der Waals surface area contributed by atoms with Crippen LogP contribution in [0.4, 0.5) is 0 Å². The van der Waals surface area contributed by atoms with Gasteiger partial charge in [-0.3, -0.25) is 9.88 Å². The molecule has 3 rings (SSSR count). The minimum Gasteiger partial charge on any atom is -0.478 e. The van der Waals surface area contributed by atoms with Crippen LogP contribution in [0.1, 0.15) is 33.6 Å². The maximum atomic E-state index is 10.8. The first kappa shape index (κ1) is 13.8. The number of pyridine rings is 1. The third-order valence-electron chi connectivity index (χ3n) is 3.89. The normalized spacial score (nSPS) is 15.2. The van der Waals surface area contributed by atoms with Crippen molar-refractivity contribution < 1.29 is 9.90 Å². The number of aromatic nitrogens is 1. The van der Waals surface area contributed by atoms with E-state index < -0.39 is 5.97 Å². The largest absolute Gasteiger partial charge is 0.478 e. The fourth-order valence-electron chi connectivity index (χ4n) is 2.78. The van der Waals surface area contributed by atoms with Crippen molar-refractivity contribution >= 4 is 5.97 Å². The smallest absolute Gasteiger partial charge is 0.337 e. The summed E-state index contributed by atoms with van der Waals surface area (Å²) in [5.74, 6) is -0.933. The van der Waals surface area contributed by atoms with Crippen LogP contribution < -0.4 is 0 Å². The van der Waals surface area contributed by atoms with Gasteiger partial charge >= 0.3 is 5.97 Å². The van der Waals surface area contributed by atoms with Gasteiger partial charge in [0.1, 0.15) is 0 Å². The summed E-state index contributed by atoms with van der Waals surface area (Å²) < 4.78 is 0. The van der Waals surface area contributed by atoms with Crippen molar-refractivity contribution in [3.8, 4) is 0 Å². The van der Waals surface area contributed by atoms with Crippen molar-refractivity contribution in [1.82, 2.24) is 9.88 Å². The zero-order valence-electron chi connectivity index (χ0n) is 11.8. The average Bonchev–Trinajstić information content (AvgIpc) is 2.69. The molecule has 1 aromatic heterocycles. The van der Waals surface area contributed by atoms with E-state index in [9.17, 15) is 4.79 Å². The Kier molecular flexibility index (Phi) is 3.97.